The number of nitrogens with two attached hydrogens (primary N) is 1. The van der Waals surface area contributed by atoms with Crippen LogP contribution in [0.5, 0.6) is 0 Å². The lowest BCUT2D eigenvalue weighted by Crippen LogP contribution is -2.03. The van der Waals surface area contributed by atoms with Crippen molar-refractivity contribution >= 4 is 11.7 Å². The summed E-state index contributed by atoms with van der Waals surface area (Å²) in [5.74, 6) is -0.443. The van der Waals surface area contributed by atoms with Crippen molar-refractivity contribution < 1.29 is 13.9 Å². The lowest BCUT2D eigenvalue weighted by molar-refractivity contribution is 0.0566. The molecular formula is C8H11NO3. The van der Waals surface area contributed by atoms with Crippen LogP contribution in [0.15, 0.2) is 10.7 Å². The summed E-state index contributed by atoms with van der Waals surface area (Å²) in [6, 6.07) is 0. The molecular weight excluding hydrogens is 158 g/mol. The van der Waals surface area contributed by atoms with E-state index in [9.17, 15) is 4.79 Å². The molecule has 0 fully saturated rings. The number of methoxy groups -OCH3 is 1. The molecule has 0 aromatic carbocycles. The SMILES string of the molecule is CCc1coc(C(=O)OC)c1N. The predicted molar refractivity (Wildman–Crippen MR) is 43.8 cm³/mol. The van der Waals surface area contributed by atoms with Crippen LogP contribution in [-0.2, 0) is 11.2 Å². The minimum Gasteiger partial charge on any atom is -0.463 e. The molecule has 0 aliphatic heterocycles. The molecule has 0 saturated carbocycles. The maximum absolute atomic E-state index is 11.0. The Morgan fingerprint density at radius 2 is 2.42 bits per heavy atom. The fourth-order valence-corrected chi connectivity index (χ4v) is 0.927. The Morgan fingerprint density at radius 3 is 2.83 bits per heavy atom. The van der Waals surface area contributed by atoms with Crippen molar-refractivity contribution in [1.29, 1.82) is 0 Å². The van der Waals surface area contributed by atoms with Gasteiger partial charge in [0.25, 0.3) is 0 Å². The highest BCUT2D eigenvalue weighted by Gasteiger charge is 2.16. The smallest absolute Gasteiger partial charge is 0.376 e. The Bertz CT molecular complexity index is 290. The number of esters is 1. The minimum atomic E-state index is -0.535. The summed E-state index contributed by atoms with van der Waals surface area (Å²) in [4.78, 5) is 11.0. The van der Waals surface area contributed by atoms with Gasteiger partial charge in [0.05, 0.1) is 19.1 Å². The molecule has 0 radical (unpaired) electrons. The van der Waals surface area contributed by atoms with E-state index in [2.05, 4.69) is 4.74 Å². The molecule has 0 amide bonds. The third-order valence-corrected chi connectivity index (χ3v) is 1.66. The number of anilines is 1. The van der Waals surface area contributed by atoms with Gasteiger partial charge in [0, 0.05) is 5.56 Å². The zero-order valence-corrected chi connectivity index (χ0v) is 7.09. The standard InChI is InChI=1S/C8H11NO3/c1-3-5-4-12-7(6(5)9)8(10)11-2/h4H,3,9H2,1-2H3. The molecule has 0 atom stereocenters. The van der Waals surface area contributed by atoms with Gasteiger partial charge in [-0.2, -0.15) is 0 Å². The number of aryl methyl sites for hydroxylation is 1. The van der Waals surface area contributed by atoms with Gasteiger partial charge in [-0.05, 0) is 6.42 Å². The quantitative estimate of drug-likeness (QED) is 0.676. The fraction of sp³-hybridized carbons (Fsp3) is 0.375. The summed E-state index contributed by atoms with van der Waals surface area (Å²) < 4.78 is 9.40. The third-order valence-electron chi connectivity index (χ3n) is 1.66. The van der Waals surface area contributed by atoms with E-state index in [-0.39, 0.29) is 5.76 Å². The Balaban J connectivity index is 3.02. The van der Waals surface area contributed by atoms with Gasteiger partial charge in [-0.3, -0.25) is 0 Å². The van der Waals surface area contributed by atoms with Crippen LogP contribution in [0, 0.1) is 0 Å². The molecule has 1 aromatic rings. The minimum absolute atomic E-state index is 0.0920. The van der Waals surface area contributed by atoms with Crippen LogP contribution >= 0.6 is 0 Å². The maximum atomic E-state index is 11.0. The monoisotopic (exact) mass is 169 g/mol. The largest absolute Gasteiger partial charge is 0.463 e. The zero-order valence-electron chi connectivity index (χ0n) is 7.09. The van der Waals surface area contributed by atoms with Crippen molar-refractivity contribution in [3.05, 3.63) is 17.6 Å². The first kappa shape index (κ1) is 8.64. The number of ether oxygens (including phenoxy) is 1. The Labute approximate surface area is 70.3 Å². The van der Waals surface area contributed by atoms with Crippen LogP contribution in [-0.4, -0.2) is 13.1 Å². The van der Waals surface area contributed by atoms with Crippen molar-refractivity contribution in [3.8, 4) is 0 Å². The molecule has 1 rings (SSSR count). The second-order valence-electron chi connectivity index (χ2n) is 2.35. The summed E-state index contributed by atoms with van der Waals surface area (Å²) >= 11 is 0. The van der Waals surface area contributed by atoms with Gasteiger partial charge >= 0.3 is 5.97 Å². The van der Waals surface area contributed by atoms with Gasteiger partial charge in [-0.1, -0.05) is 6.92 Å². The molecule has 2 N–H and O–H groups in total. The summed E-state index contributed by atoms with van der Waals surface area (Å²) in [7, 11) is 1.29. The van der Waals surface area contributed by atoms with Gasteiger partial charge in [0.15, 0.2) is 0 Å². The lowest BCUT2D eigenvalue weighted by Gasteiger charge is -1.95. The van der Waals surface area contributed by atoms with E-state index in [1.54, 1.807) is 0 Å². The van der Waals surface area contributed by atoms with Crippen molar-refractivity contribution in [2.24, 2.45) is 0 Å². The molecule has 0 unspecified atom stereocenters. The lowest BCUT2D eigenvalue weighted by atomic mass is 10.2. The Kier molecular flexibility index (Phi) is 2.38. The van der Waals surface area contributed by atoms with Gasteiger partial charge < -0.3 is 14.9 Å². The first-order chi connectivity index (χ1) is 5.70. The number of rotatable bonds is 2. The zero-order chi connectivity index (χ0) is 9.14. The van der Waals surface area contributed by atoms with Crippen LogP contribution < -0.4 is 5.73 Å². The highest BCUT2D eigenvalue weighted by molar-refractivity contribution is 5.92. The number of carbonyl (C=O) groups is 1. The number of carbonyl (C=O) groups excluding carboxylic acids is 1. The molecule has 0 spiro atoms. The van der Waals surface area contributed by atoms with Crippen LogP contribution in [0.2, 0.25) is 0 Å². The predicted octanol–water partition coefficient (Wildman–Crippen LogP) is 1.21. The summed E-state index contributed by atoms with van der Waals surface area (Å²) in [6.07, 6.45) is 2.22. The molecule has 4 nitrogen and oxygen atoms in total. The molecule has 66 valence electrons. The molecule has 0 aliphatic carbocycles. The molecule has 0 bridgehead atoms. The molecule has 1 heterocycles. The van der Waals surface area contributed by atoms with E-state index < -0.39 is 5.97 Å². The maximum Gasteiger partial charge on any atom is 0.376 e. The number of hydrogen-bond acceptors (Lipinski definition) is 4. The summed E-state index contributed by atoms with van der Waals surface area (Å²) in [5.41, 5.74) is 6.80. The first-order valence-corrected chi connectivity index (χ1v) is 3.64. The number of nitrogen functional groups attached to an aromatic ring is 1. The van der Waals surface area contributed by atoms with Crippen molar-refractivity contribution in [3.63, 3.8) is 0 Å². The van der Waals surface area contributed by atoms with Gasteiger partial charge in [-0.15, -0.1) is 0 Å². The highest BCUT2D eigenvalue weighted by Crippen LogP contribution is 2.20. The van der Waals surface area contributed by atoms with E-state index in [1.165, 1.54) is 13.4 Å². The van der Waals surface area contributed by atoms with E-state index >= 15 is 0 Å². The van der Waals surface area contributed by atoms with Crippen LogP contribution in [0.1, 0.15) is 23.0 Å². The van der Waals surface area contributed by atoms with Gasteiger partial charge in [0.2, 0.25) is 5.76 Å². The van der Waals surface area contributed by atoms with Crippen LogP contribution in [0.3, 0.4) is 0 Å². The molecule has 1 aromatic heterocycles. The van der Waals surface area contributed by atoms with E-state index in [0.29, 0.717) is 5.69 Å². The van der Waals surface area contributed by atoms with E-state index in [1.807, 2.05) is 6.92 Å². The molecule has 0 saturated heterocycles. The van der Waals surface area contributed by atoms with Crippen molar-refractivity contribution in [2.75, 3.05) is 12.8 Å². The highest BCUT2D eigenvalue weighted by atomic mass is 16.5. The summed E-state index contributed by atoms with van der Waals surface area (Å²) in [6.45, 7) is 1.93. The first-order valence-electron chi connectivity index (χ1n) is 3.64. The van der Waals surface area contributed by atoms with E-state index in [0.717, 1.165) is 12.0 Å². The third kappa shape index (κ3) is 1.28. The Hall–Kier alpha value is -1.45. The number of furan rings is 1. The topological polar surface area (TPSA) is 65.5 Å². The molecule has 12 heavy (non-hydrogen) atoms. The average Bonchev–Trinajstić information content (AvgIpc) is 2.45. The molecule has 0 aliphatic rings. The van der Waals surface area contributed by atoms with Crippen LogP contribution in [0.4, 0.5) is 5.69 Å². The second kappa shape index (κ2) is 3.30. The second-order valence-corrected chi connectivity index (χ2v) is 2.35. The summed E-state index contributed by atoms with van der Waals surface area (Å²) in [5, 5.41) is 0. The van der Waals surface area contributed by atoms with Crippen molar-refractivity contribution in [2.45, 2.75) is 13.3 Å². The average molecular weight is 169 g/mol. The molecule has 4 heteroatoms. The number of hydrogen-bond donors (Lipinski definition) is 1. The Morgan fingerprint density at radius 1 is 1.75 bits per heavy atom. The van der Waals surface area contributed by atoms with E-state index in [4.69, 9.17) is 10.2 Å². The van der Waals surface area contributed by atoms with Gasteiger partial charge in [0.1, 0.15) is 0 Å². The van der Waals surface area contributed by atoms with Crippen molar-refractivity contribution in [1.82, 2.24) is 0 Å². The van der Waals surface area contributed by atoms with Crippen LogP contribution in [0.25, 0.3) is 0 Å². The van der Waals surface area contributed by atoms with Gasteiger partial charge in [-0.25, -0.2) is 4.79 Å². The fourth-order valence-electron chi connectivity index (χ4n) is 0.927. The normalized spacial score (nSPS) is 9.83.